The Hall–Kier alpha value is -1.66. The molecule has 1 aromatic heterocycles. The molecule has 1 atom stereocenters. The summed E-state index contributed by atoms with van der Waals surface area (Å²) >= 11 is 0. The molecule has 0 saturated carbocycles. The zero-order valence-electron chi connectivity index (χ0n) is 10.4. The van der Waals surface area contributed by atoms with Gasteiger partial charge in [-0.3, -0.25) is 9.48 Å². The molecule has 1 unspecified atom stereocenters. The van der Waals surface area contributed by atoms with Gasteiger partial charge in [-0.15, -0.1) is 0 Å². The van der Waals surface area contributed by atoms with Gasteiger partial charge in [-0.2, -0.15) is 18.3 Å². The van der Waals surface area contributed by atoms with Crippen molar-refractivity contribution in [2.45, 2.75) is 30.1 Å². The summed E-state index contributed by atoms with van der Waals surface area (Å²) in [6.45, 7) is -1.32. The number of aliphatic hydroxyl groups is 1. The van der Waals surface area contributed by atoms with Crippen LogP contribution in [0.5, 0.6) is 0 Å². The third-order valence-corrected chi connectivity index (χ3v) is 3.70. The Balaban J connectivity index is 2.69. The fourth-order valence-corrected chi connectivity index (χ4v) is 2.19. The number of carboxylic acids is 1. The maximum Gasteiger partial charge on any atom is 0.415 e. The summed E-state index contributed by atoms with van der Waals surface area (Å²) in [7, 11) is -4.27. The molecule has 0 aliphatic heterocycles. The Bertz CT molecular complexity index is 598. The summed E-state index contributed by atoms with van der Waals surface area (Å²) in [5.41, 5.74) is 0. The van der Waals surface area contributed by atoms with Gasteiger partial charge in [-0.25, -0.2) is 13.1 Å². The Morgan fingerprint density at radius 3 is 2.62 bits per heavy atom. The number of aromatic nitrogens is 2. The van der Waals surface area contributed by atoms with Crippen molar-refractivity contribution in [3.05, 3.63) is 12.4 Å². The molecule has 8 nitrogen and oxygen atoms in total. The lowest BCUT2D eigenvalue weighted by molar-refractivity contribution is -0.200. The number of rotatable bonds is 7. The number of aliphatic carboxylic acids is 1. The quantitative estimate of drug-likeness (QED) is 0.623. The Morgan fingerprint density at radius 1 is 1.48 bits per heavy atom. The number of sulfonamides is 1. The van der Waals surface area contributed by atoms with E-state index in [1.165, 1.54) is 0 Å². The van der Waals surface area contributed by atoms with E-state index in [0.29, 0.717) is 0 Å². The molecule has 1 heterocycles. The summed E-state index contributed by atoms with van der Waals surface area (Å²) in [5.74, 6) is -1.11. The van der Waals surface area contributed by atoms with Gasteiger partial charge in [0.25, 0.3) is 0 Å². The Morgan fingerprint density at radius 2 is 2.10 bits per heavy atom. The lowest BCUT2D eigenvalue weighted by Gasteiger charge is -2.14. The summed E-state index contributed by atoms with van der Waals surface area (Å²) in [5, 5.41) is 20.7. The maximum absolute atomic E-state index is 12.1. The topological polar surface area (TPSA) is 122 Å². The molecule has 3 N–H and O–H groups in total. The molecule has 0 aliphatic carbocycles. The maximum atomic E-state index is 12.1. The minimum Gasteiger partial charge on any atom is -0.481 e. The van der Waals surface area contributed by atoms with Crippen LogP contribution in [0.15, 0.2) is 17.3 Å². The number of alkyl halides is 3. The Kier molecular flexibility index (Phi) is 5.31. The van der Waals surface area contributed by atoms with Crippen molar-refractivity contribution in [2.75, 3.05) is 6.54 Å². The molecule has 1 rings (SSSR count). The number of aliphatic hydroxyl groups excluding tert-OH is 1. The van der Waals surface area contributed by atoms with Crippen LogP contribution in [0.2, 0.25) is 0 Å². The highest BCUT2D eigenvalue weighted by Crippen LogP contribution is 2.19. The molecule has 0 aromatic carbocycles. The predicted molar refractivity (Wildman–Crippen MR) is 61.7 cm³/mol. The van der Waals surface area contributed by atoms with E-state index in [2.05, 4.69) is 5.10 Å². The van der Waals surface area contributed by atoms with E-state index < -0.39 is 39.7 Å². The first-order valence-electron chi connectivity index (χ1n) is 5.51. The van der Waals surface area contributed by atoms with Crippen LogP contribution < -0.4 is 4.72 Å². The molecular formula is C9H12F3N3O5S. The minimum absolute atomic E-state index is 0.0873. The minimum atomic E-state index is -4.94. The zero-order chi connectivity index (χ0) is 16.3. The summed E-state index contributed by atoms with van der Waals surface area (Å²) in [6.07, 6.45) is -6.21. The van der Waals surface area contributed by atoms with Crippen LogP contribution >= 0.6 is 0 Å². The van der Waals surface area contributed by atoms with Gasteiger partial charge in [0.1, 0.15) is 4.90 Å². The molecule has 0 bridgehead atoms. The molecule has 120 valence electrons. The average Bonchev–Trinajstić information content (AvgIpc) is 2.81. The molecule has 0 amide bonds. The number of nitrogens with one attached hydrogen (secondary N) is 1. The summed E-state index contributed by atoms with van der Waals surface area (Å²) in [4.78, 5) is 9.91. The smallest absolute Gasteiger partial charge is 0.415 e. The van der Waals surface area contributed by atoms with E-state index >= 15 is 0 Å². The van der Waals surface area contributed by atoms with Crippen LogP contribution in [0.1, 0.15) is 6.42 Å². The highest BCUT2D eigenvalue weighted by Gasteiger charge is 2.38. The summed E-state index contributed by atoms with van der Waals surface area (Å²) in [6, 6.07) is 0. The first-order valence-corrected chi connectivity index (χ1v) is 6.99. The first-order chi connectivity index (χ1) is 9.52. The van der Waals surface area contributed by atoms with E-state index in [0.717, 1.165) is 17.1 Å². The molecule has 1 aromatic rings. The fourth-order valence-electron chi connectivity index (χ4n) is 1.20. The number of carboxylic acid groups (broad SMARTS) is 1. The van der Waals surface area contributed by atoms with Crippen LogP contribution in [-0.2, 0) is 21.4 Å². The van der Waals surface area contributed by atoms with Crippen LogP contribution in [0.3, 0.4) is 0 Å². The van der Waals surface area contributed by atoms with Crippen molar-refractivity contribution in [2.24, 2.45) is 0 Å². The van der Waals surface area contributed by atoms with E-state index in [1.54, 1.807) is 4.72 Å². The predicted octanol–water partition coefficient (Wildman–Crippen LogP) is -0.441. The monoisotopic (exact) mass is 331 g/mol. The van der Waals surface area contributed by atoms with Crippen molar-refractivity contribution < 1.29 is 36.6 Å². The second-order valence-electron chi connectivity index (χ2n) is 3.99. The second-order valence-corrected chi connectivity index (χ2v) is 5.76. The van der Waals surface area contributed by atoms with Gasteiger partial charge in [0.15, 0.2) is 6.10 Å². The molecule has 0 aliphatic rings. The third kappa shape index (κ3) is 5.32. The SMILES string of the molecule is O=C(O)CCn1cc(S(=O)(=O)NCC(O)C(F)(F)F)cn1. The number of carbonyl (C=O) groups is 1. The average molecular weight is 331 g/mol. The first kappa shape index (κ1) is 17.4. The van der Waals surface area contributed by atoms with Crippen molar-refractivity contribution >= 4 is 16.0 Å². The van der Waals surface area contributed by atoms with Crippen molar-refractivity contribution in [3.63, 3.8) is 0 Å². The van der Waals surface area contributed by atoms with E-state index in [4.69, 9.17) is 10.2 Å². The molecule has 0 radical (unpaired) electrons. The standard InChI is InChI=1S/C9H12F3N3O5S/c10-9(11,12)7(16)4-14-21(19,20)6-3-13-15(5-6)2-1-8(17)18/h3,5,7,14,16H,1-2,4H2,(H,17,18). The van der Waals surface area contributed by atoms with Gasteiger partial charge in [0, 0.05) is 12.7 Å². The molecule has 0 spiro atoms. The number of halogens is 3. The highest BCUT2D eigenvalue weighted by atomic mass is 32.2. The van der Waals surface area contributed by atoms with Gasteiger partial charge >= 0.3 is 12.1 Å². The van der Waals surface area contributed by atoms with E-state index in [1.807, 2.05) is 0 Å². The fraction of sp³-hybridized carbons (Fsp3) is 0.556. The van der Waals surface area contributed by atoms with E-state index in [-0.39, 0.29) is 13.0 Å². The van der Waals surface area contributed by atoms with E-state index in [9.17, 15) is 26.4 Å². The summed E-state index contributed by atoms with van der Waals surface area (Å²) < 4.78 is 62.1. The number of hydrogen-bond donors (Lipinski definition) is 3. The number of aryl methyl sites for hydroxylation is 1. The largest absolute Gasteiger partial charge is 0.481 e. The lowest BCUT2D eigenvalue weighted by atomic mass is 10.4. The van der Waals surface area contributed by atoms with Crippen molar-refractivity contribution in [3.8, 4) is 0 Å². The van der Waals surface area contributed by atoms with Crippen molar-refractivity contribution in [1.29, 1.82) is 0 Å². The highest BCUT2D eigenvalue weighted by molar-refractivity contribution is 7.89. The second kappa shape index (κ2) is 6.41. The molecule has 12 heteroatoms. The van der Waals surface area contributed by atoms with Gasteiger partial charge < -0.3 is 10.2 Å². The lowest BCUT2D eigenvalue weighted by Crippen LogP contribution is -2.40. The van der Waals surface area contributed by atoms with Gasteiger partial charge in [-0.1, -0.05) is 0 Å². The number of nitrogens with zero attached hydrogens (tertiary/aromatic N) is 2. The normalized spacial score (nSPS) is 14.1. The third-order valence-electron chi connectivity index (χ3n) is 2.32. The van der Waals surface area contributed by atoms with Gasteiger partial charge in [0.2, 0.25) is 10.0 Å². The van der Waals surface area contributed by atoms with Gasteiger partial charge in [0.05, 0.1) is 19.2 Å². The molecular weight excluding hydrogens is 319 g/mol. The van der Waals surface area contributed by atoms with Crippen molar-refractivity contribution in [1.82, 2.24) is 14.5 Å². The molecule has 0 saturated heterocycles. The molecule has 0 fully saturated rings. The Labute approximate surface area is 117 Å². The molecule has 21 heavy (non-hydrogen) atoms. The van der Waals surface area contributed by atoms with Crippen LogP contribution in [0.25, 0.3) is 0 Å². The zero-order valence-corrected chi connectivity index (χ0v) is 11.2. The van der Waals surface area contributed by atoms with Crippen LogP contribution in [0.4, 0.5) is 13.2 Å². The van der Waals surface area contributed by atoms with Gasteiger partial charge in [-0.05, 0) is 0 Å². The number of hydrogen-bond acceptors (Lipinski definition) is 5. The van der Waals surface area contributed by atoms with Crippen LogP contribution in [-0.4, -0.2) is 53.2 Å². The van der Waals surface area contributed by atoms with Crippen LogP contribution in [0, 0.1) is 0 Å².